The van der Waals surface area contributed by atoms with Gasteiger partial charge in [0.05, 0.1) is 25.4 Å². The van der Waals surface area contributed by atoms with Crippen LogP contribution in [-0.2, 0) is 10.2 Å². The molecular weight excluding hydrogens is 384 g/mol. The van der Waals surface area contributed by atoms with Crippen molar-refractivity contribution < 1.29 is 17.9 Å². The average molecular weight is 404 g/mol. The predicted molar refractivity (Wildman–Crippen MR) is 105 cm³/mol. The van der Waals surface area contributed by atoms with E-state index in [2.05, 4.69) is 25.0 Å². The molecule has 3 rings (SSSR count). The summed E-state index contributed by atoms with van der Waals surface area (Å²) < 4.78 is 34.5. The third-order valence-corrected chi connectivity index (χ3v) is 4.52. The summed E-state index contributed by atoms with van der Waals surface area (Å²) in [5, 5.41) is 8.68. The second-order valence-corrected chi connectivity index (χ2v) is 7.12. The van der Waals surface area contributed by atoms with Crippen molar-refractivity contribution in [1.29, 1.82) is 0 Å². The normalized spacial score (nSPS) is 11.4. The lowest BCUT2D eigenvalue weighted by molar-refractivity contribution is 0.356. The van der Waals surface area contributed by atoms with Crippen LogP contribution >= 0.6 is 0 Å². The number of aromatic nitrogens is 3. The van der Waals surface area contributed by atoms with Crippen molar-refractivity contribution in [2.24, 2.45) is 5.14 Å². The van der Waals surface area contributed by atoms with Crippen LogP contribution in [0.25, 0.3) is 22.2 Å². The molecule has 2 heterocycles. The maximum atomic E-state index is 10.8. The third kappa shape index (κ3) is 4.63. The molecule has 10 nitrogen and oxygen atoms in total. The number of nitrogens with two attached hydrogens (primary N) is 1. The monoisotopic (exact) mass is 404 g/mol. The van der Waals surface area contributed by atoms with Crippen LogP contribution < -0.4 is 24.7 Å². The lowest BCUT2D eigenvalue weighted by Crippen LogP contribution is -2.34. The van der Waals surface area contributed by atoms with Gasteiger partial charge in [0, 0.05) is 36.3 Å². The number of benzene rings is 1. The van der Waals surface area contributed by atoms with Gasteiger partial charge in [0.2, 0.25) is 0 Å². The first-order chi connectivity index (χ1) is 13.4. The number of methoxy groups -OCH3 is 2. The van der Waals surface area contributed by atoms with Crippen molar-refractivity contribution >= 4 is 26.9 Å². The molecule has 0 unspecified atom stereocenters. The maximum absolute atomic E-state index is 10.8. The largest absolute Gasteiger partial charge is 0.493 e. The lowest BCUT2D eigenvalue weighted by Gasteiger charge is -2.11. The summed E-state index contributed by atoms with van der Waals surface area (Å²) in [6.07, 6.45) is 3.16. The summed E-state index contributed by atoms with van der Waals surface area (Å²) in [6.45, 7) is 0.497. The number of fused-ring (bicyclic) bond motifs is 1. The van der Waals surface area contributed by atoms with E-state index >= 15 is 0 Å². The van der Waals surface area contributed by atoms with Gasteiger partial charge in [0.25, 0.3) is 10.2 Å². The third-order valence-electron chi connectivity index (χ3n) is 3.91. The lowest BCUT2D eigenvalue weighted by atomic mass is 10.1. The molecule has 0 radical (unpaired) electrons. The standard InChI is InChI=1S/C17H20N6O4S/c1-26-14-7-12-13(8-15(14)27-2)21-10-22-17(12)11-3-4-16(20-9-11)19-5-6-23-28(18,24)25/h3-4,7-10,23H,5-6H2,1-2H3,(H,19,20)(H2,18,24,25). The molecule has 0 saturated heterocycles. The average Bonchev–Trinajstić information content (AvgIpc) is 2.69. The van der Waals surface area contributed by atoms with E-state index in [0.717, 1.165) is 16.5 Å². The Hall–Kier alpha value is -3.02. The highest BCUT2D eigenvalue weighted by Gasteiger charge is 2.12. The van der Waals surface area contributed by atoms with Crippen LogP contribution in [0.2, 0.25) is 0 Å². The Balaban J connectivity index is 1.82. The Morgan fingerprint density at radius 1 is 1.04 bits per heavy atom. The van der Waals surface area contributed by atoms with Crippen LogP contribution in [0.5, 0.6) is 11.5 Å². The van der Waals surface area contributed by atoms with Crippen molar-refractivity contribution in [3.8, 4) is 22.8 Å². The number of nitrogens with one attached hydrogen (secondary N) is 2. The van der Waals surface area contributed by atoms with Gasteiger partial charge >= 0.3 is 0 Å². The van der Waals surface area contributed by atoms with Crippen LogP contribution in [-0.4, -0.2) is 50.7 Å². The molecule has 3 aromatic rings. The maximum Gasteiger partial charge on any atom is 0.274 e. The van der Waals surface area contributed by atoms with Gasteiger partial charge in [0.15, 0.2) is 11.5 Å². The highest BCUT2D eigenvalue weighted by molar-refractivity contribution is 7.87. The number of hydrogen-bond acceptors (Lipinski definition) is 8. The molecule has 0 saturated carbocycles. The zero-order chi connectivity index (χ0) is 20.1. The van der Waals surface area contributed by atoms with E-state index in [1.54, 1.807) is 32.5 Å². The first-order valence-corrected chi connectivity index (χ1v) is 9.80. The number of anilines is 1. The molecule has 1 aromatic carbocycles. The van der Waals surface area contributed by atoms with Crippen LogP contribution in [0.1, 0.15) is 0 Å². The van der Waals surface area contributed by atoms with E-state index in [0.29, 0.717) is 29.6 Å². The van der Waals surface area contributed by atoms with Gasteiger partial charge in [-0.05, 0) is 18.2 Å². The second-order valence-electron chi connectivity index (χ2n) is 5.74. The summed E-state index contributed by atoms with van der Waals surface area (Å²) in [4.78, 5) is 13.0. The first kappa shape index (κ1) is 19.7. The number of rotatable bonds is 8. The molecule has 28 heavy (non-hydrogen) atoms. The van der Waals surface area contributed by atoms with Gasteiger partial charge < -0.3 is 14.8 Å². The van der Waals surface area contributed by atoms with Crippen molar-refractivity contribution in [2.45, 2.75) is 0 Å². The van der Waals surface area contributed by atoms with Gasteiger partial charge in [-0.2, -0.15) is 8.42 Å². The molecule has 0 amide bonds. The topological polar surface area (TPSA) is 141 Å². The molecule has 0 fully saturated rings. The fourth-order valence-corrected chi connectivity index (χ4v) is 3.02. The minimum absolute atomic E-state index is 0.153. The Kier molecular flexibility index (Phi) is 5.87. The van der Waals surface area contributed by atoms with Gasteiger partial charge in [-0.1, -0.05) is 0 Å². The molecule has 148 valence electrons. The van der Waals surface area contributed by atoms with Crippen molar-refractivity contribution in [1.82, 2.24) is 19.7 Å². The zero-order valence-electron chi connectivity index (χ0n) is 15.3. The first-order valence-electron chi connectivity index (χ1n) is 8.25. The molecule has 0 aliphatic carbocycles. The molecule has 4 N–H and O–H groups in total. The van der Waals surface area contributed by atoms with E-state index in [1.165, 1.54) is 6.33 Å². The molecule has 0 aliphatic heterocycles. The summed E-state index contributed by atoms with van der Waals surface area (Å²) in [5.41, 5.74) is 2.23. The molecule has 2 aromatic heterocycles. The number of pyridine rings is 1. The number of nitrogens with zero attached hydrogens (tertiary/aromatic N) is 3. The smallest absolute Gasteiger partial charge is 0.274 e. The van der Waals surface area contributed by atoms with Crippen molar-refractivity contribution in [3.05, 3.63) is 36.8 Å². The van der Waals surface area contributed by atoms with E-state index in [-0.39, 0.29) is 6.54 Å². The summed E-state index contributed by atoms with van der Waals surface area (Å²) in [5.74, 6) is 1.77. The van der Waals surface area contributed by atoms with Gasteiger partial charge in [-0.15, -0.1) is 0 Å². The zero-order valence-corrected chi connectivity index (χ0v) is 16.2. The van der Waals surface area contributed by atoms with E-state index in [1.807, 2.05) is 12.1 Å². The van der Waals surface area contributed by atoms with Crippen LogP contribution in [0.15, 0.2) is 36.8 Å². The summed E-state index contributed by atoms with van der Waals surface area (Å²) in [6, 6.07) is 7.26. The Labute approximate surface area is 162 Å². The van der Waals surface area contributed by atoms with E-state index in [9.17, 15) is 8.42 Å². The molecule has 0 spiro atoms. The second kappa shape index (κ2) is 8.33. The van der Waals surface area contributed by atoms with Crippen LogP contribution in [0, 0.1) is 0 Å². The van der Waals surface area contributed by atoms with Gasteiger partial charge in [-0.3, -0.25) is 0 Å². The Morgan fingerprint density at radius 3 is 2.43 bits per heavy atom. The molecular formula is C17H20N6O4S. The number of ether oxygens (including phenoxy) is 2. The summed E-state index contributed by atoms with van der Waals surface area (Å²) >= 11 is 0. The molecule has 11 heteroatoms. The minimum Gasteiger partial charge on any atom is -0.493 e. The van der Waals surface area contributed by atoms with Gasteiger partial charge in [-0.25, -0.2) is 24.8 Å². The predicted octanol–water partition coefficient (Wildman–Crippen LogP) is 0.914. The number of hydrogen-bond donors (Lipinski definition) is 3. The quantitative estimate of drug-likeness (QED) is 0.471. The Morgan fingerprint density at radius 2 is 1.79 bits per heavy atom. The fraction of sp³-hybridized carbons (Fsp3) is 0.235. The highest BCUT2D eigenvalue weighted by atomic mass is 32.2. The molecule has 0 bridgehead atoms. The Bertz CT molecular complexity index is 1070. The summed E-state index contributed by atoms with van der Waals surface area (Å²) in [7, 11) is -0.558. The minimum atomic E-state index is -3.70. The van der Waals surface area contributed by atoms with Crippen LogP contribution in [0.3, 0.4) is 0 Å². The molecule has 0 atom stereocenters. The fourth-order valence-electron chi connectivity index (χ4n) is 2.64. The van der Waals surface area contributed by atoms with E-state index in [4.69, 9.17) is 14.6 Å². The highest BCUT2D eigenvalue weighted by Crippen LogP contribution is 2.35. The van der Waals surface area contributed by atoms with Crippen molar-refractivity contribution in [3.63, 3.8) is 0 Å². The van der Waals surface area contributed by atoms with Crippen LogP contribution in [0.4, 0.5) is 5.82 Å². The SMILES string of the molecule is COc1cc2ncnc(-c3ccc(NCCNS(N)(=O)=O)nc3)c2cc1OC. The van der Waals surface area contributed by atoms with E-state index < -0.39 is 10.2 Å². The molecule has 0 aliphatic rings. The van der Waals surface area contributed by atoms with Crippen molar-refractivity contribution in [2.75, 3.05) is 32.6 Å². The van der Waals surface area contributed by atoms with Gasteiger partial charge in [0.1, 0.15) is 12.1 Å².